The highest BCUT2D eigenvalue weighted by Gasteiger charge is 2.05. The maximum absolute atomic E-state index is 3.87. The standard InChI is InChI=1S/C21H28.C10H12.C3H8.C3H6/c1-4-5-6-7-8-12-19-14-15-21(18(3)16-19)20-13-10-9-11-17(20)2;1-8(2)10-6-4-5-9(3)7-10;2*1-3-2/h9-11,13-16H,4-8,12H2,1-3H3;4-7H,1H2,2-3H3;3H2,1-2H3;3H,1H2,2H3. The van der Waals surface area contributed by atoms with Crippen molar-refractivity contribution in [2.45, 2.75) is 100 Å². The van der Waals surface area contributed by atoms with Crippen LogP contribution in [0.4, 0.5) is 0 Å². The normalized spacial score (nSPS) is 9.51. The molecule has 0 bridgehead atoms. The highest BCUT2D eigenvalue weighted by molar-refractivity contribution is 5.70. The second-order valence-corrected chi connectivity index (χ2v) is 9.89. The molecule has 37 heavy (non-hydrogen) atoms. The molecular formula is C37H54. The van der Waals surface area contributed by atoms with Gasteiger partial charge < -0.3 is 0 Å². The van der Waals surface area contributed by atoms with Crippen LogP contribution in [0.3, 0.4) is 0 Å². The summed E-state index contributed by atoms with van der Waals surface area (Å²) in [5.74, 6) is 0. The molecule has 0 atom stereocenters. The summed E-state index contributed by atoms with van der Waals surface area (Å²) < 4.78 is 0. The van der Waals surface area contributed by atoms with Gasteiger partial charge in [-0.3, -0.25) is 0 Å². The number of benzene rings is 3. The summed E-state index contributed by atoms with van der Waals surface area (Å²) in [7, 11) is 0. The van der Waals surface area contributed by atoms with Crippen molar-refractivity contribution >= 4 is 5.57 Å². The highest BCUT2D eigenvalue weighted by Crippen LogP contribution is 2.27. The van der Waals surface area contributed by atoms with E-state index in [-0.39, 0.29) is 0 Å². The molecule has 0 saturated carbocycles. The fourth-order valence-corrected chi connectivity index (χ4v) is 3.90. The molecule has 0 heteroatoms. The SMILES string of the molecule is C=C(C)c1cccc(C)c1.C=CC.CCC.CCCCCCCc1ccc(-c2ccccc2C)c(C)c1. The van der Waals surface area contributed by atoms with Gasteiger partial charge >= 0.3 is 0 Å². The summed E-state index contributed by atoms with van der Waals surface area (Å²) in [4.78, 5) is 0. The third-order valence-electron chi connectivity index (χ3n) is 5.81. The maximum Gasteiger partial charge on any atom is -0.0152 e. The van der Waals surface area contributed by atoms with Crippen molar-refractivity contribution in [2.24, 2.45) is 0 Å². The lowest BCUT2D eigenvalue weighted by Gasteiger charge is -2.11. The molecule has 0 fully saturated rings. The summed E-state index contributed by atoms with van der Waals surface area (Å²) in [5.41, 5.74) is 10.6. The average Bonchev–Trinajstić information content (AvgIpc) is 2.86. The molecule has 3 aromatic rings. The van der Waals surface area contributed by atoms with Gasteiger partial charge in [-0.2, -0.15) is 0 Å². The van der Waals surface area contributed by atoms with Gasteiger partial charge in [-0.25, -0.2) is 0 Å². The lowest BCUT2D eigenvalue weighted by molar-refractivity contribution is 0.632. The number of hydrogen-bond acceptors (Lipinski definition) is 0. The largest absolute Gasteiger partial charge is 0.103 e. The van der Waals surface area contributed by atoms with Gasteiger partial charge in [0, 0.05) is 0 Å². The van der Waals surface area contributed by atoms with Crippen LogP contribution in [0.15, 0.2) is 86.0 Å². The van der Waals surface area contributed by atoms with E-state index in [1.54, 1.807) is 6.08 Å². The Labute approximate surface area is 230 Å². The van der Waals surface area contributed by atoms with Crippen molar-refractivity contribution in [1.29, 1.82) is 0 Å². The summed E-state index contributed by atoms with van der Waals surface area (Å²) in [6.45, 7) is 24.2. The van der Waals surface area contributed by atoms with E-state index >= 15 is 0 Å². The van der Waals surface area contributed by atoms with Gasteiger partial charge in [-0.05, 0) is 80.8 Å². The Morgan fingerprint density at radius 3 is 1.84 bits per heavy atom. The zero-order valence-electron chi connectivity index (χ0n) is 25.3. The Hall–Kier alpha value is -2.86. The van der Waals surface area contributed by atoms with E-state index in [0.717, 1.165) is 5.57 Å². The molecule has 3 rings (SSSR count). The lowest BCUT2D eigenvalue weighted by atomic mass is 9.94. The van der Waals surface area contributed by atoms with Crippen molar-refractivity contribution in [3.05, 3.63) is 114 Å². The Morgan fingerprint density at radius 1 is 0.730 bits per heavy atom. The number of allylic oxidation sites excluding steroid dienone is 2. The second-order valence-electron chi connectivity index (χ2n) is 9.89. The molecule has 0 amide bonds. The van der Waals surface area contributed by atoms with E-state index in [1.807, 2.05) is 13.8 Å². The molecule has 0 unspecified atom stereocenters. The molecule has 202 valence electrons. The van der Waals surface area contributed by atoms with E-state index in [2.05, 4.69) is 121 Å². The predicted molar refractivity (Wildman–Crippen MR) is 172 cm³/mol. The van der Waals surface area contributed by atoms with Gasteiger partial charge in [0.2, 0.25) is 0 Å². The van der Waals surface area contributed by atoms with Gasteiger partial charge in [-0.1, -0.05) is 143 Å². The fraction of sp³-hybridized carbons (Fsp3) is 0.405. The third-order valence-corrected chi connectivity index (χ3v) is 5.81. The van der Waals surface area contributed by atoms with E-state index < -0.39 is 0 Å². The van der Waals surface area contributed by atoms with Crippen LogP contribution in [0.1, 0.15) is 101 Å². The quantitative estimate of drug-likeness (QED) is 0.214. The van der Waals surface area contributed by atoms with Gasteiger partial charge in [0.05, 0.1) is 0 Å². The first-order chi connectivity index (χ1) is 17.7. The molecule has 0 aliphatic carbocycles. The Kier molecular flexibility index (Phi) is 19.6. The van der Waals surface area contributed by atoms with E-state index in [4.69, 9.17) is 0 Å². The molecule has 0 saturated heterocycles. The molecule has 0 heterocycles. The minimum Gasteiger partial charge on any atom is -0.103 e. The fourth-order valence-electron chi connectivity index (χ4n) is 3.90. The predicted octanol–water partition coefficient (Wildman–Crippen LogP) is 12.1. The maximum atomic E-state index is 3.87. The van der Waals surface area contributed by atoms with Gasteiger partial charge in [0.25, 0.3) is 0 Å². The van der Waals surface area contributed by atoms with Gasteiger partial charge in [0.1, 0.15) is 0 Å². The molecule has 0 spiro atoms. The third kappa shape index (κ3) is 15.1. The Morgan fingerprint density at radius 2 is 1.32 bits per heavy atom. The number of hydrogen-bond donors (Lipinski definition) is 0. The number of unbranched alkanes of at least 4 members (excludes halogenated alkanes) is 4. The van der Waals surface area contributed by atoms with Crippen LogP contribution in [0.25, 0.3) is 16.7 Å². The van der Waals surface area contributed by atoms with E-state index in [9.17, 15) is 0 Å². The van der Waals surface area contributed by atoms with Crippen molar-refractivity contribution in [3.8, 4) is 11.1 Å². The van der Waals surface area contributed by atoms with Gasteiger partial charge in [0.15, 0.2) is 0 Å². The molecular weight excluding hydrogens is 444 g/mol. The first kappa shape index (κ1) is 34.1. The molecule has 0 aliphatic rings. The topological polar surface area (TPSA) is 0 Å². The van der Waals surface area contributed by atoms with Gasteiger partial charge in [-0.15, -0.1) is 6.58 Å². The number of rotatable bonds is 8. The summed E-state index contributed by atoms with van der Waals surface area (Å²) >= 11 is 0. The van der Waals surface area contributed by atoms with Crippen LogP contribution in [-0.4, -0.2) is 0 Å². The smallest absolute Gasteiger partial charge is 0.0152 e. The van der Waals surface area contributed by atoms with Crippen LogP contribution < -0.4 is 0 Å². The van der Waals surface area contributed by atoms with Crippen molar-refractivity contribution in [2.75, 3.05) is 0 Å². The zero-order valence-corrected chi connectivity index (χ0v) is 25.3. The Bertz CT molecular complexity index is 1020. The van der Waals surface area contributed by atoms with Crippen LogP contribution in [0, 0.1) is 20.8 Å². The second kappa shape index (κ2) is 21.2. The van der Waals surface area contributed by atoms with E-state index in [0.29, 0.717) is 0 Å². The molecule has 3 aromatic carbocycles. The lowest BCUT2D eigenvalue weighted by Crippen LogP contribution is -1.91. The highest BCUT2D eigenvalue weighted by atomic mass is 14.1. The molecule has 0 radical (unpaired) electrons. The summed E-state index contributed by atoms with van der Waals surface area (Å²) in [5, 5.41) is 0. The summed E-state index contributed by atoms with van der Waals surface area (Å²) in [6, 6.07) is 24.0. The first-order valence-electron chi connectivity index (χ1n) is 14.2. The van der Waals surface area contributed by atoms with Crippen LogP contribution in [0.5, 0.6) is 0 Å². The first-order valence-corrected chi connectivity index (χ1v) is 14.2. The number of aryl methyl sites for hydroxylation is 4. The van der Waals surface area contributed by atoms with Crippen LogP contribution in [-0.2, 0) is 6.42 Å². The van der Waals surface area contributed by atoms with Crippen molar-refractivity contribution in [3.63, 3.8) is 0 Å². The van der Waals surface area contributed by atoms with Crippen LogP contribution >= 0.6 is 0 Å². The molecule has 0 nitrogen and oxygen atoms in total. The van der Waals surface area contributed by atoms with Crippen LogP contribution in [0.2, 0.25) is 0 Å². The minimum atomic E-state index is 1.13. The monoisotopic (exact) mass is 498 g/mol. The Balaban J connectivity index is 0.000000671. The van der Waals surface area contributed by atoms with E-state index in [1.165, 1.54) is 83.9 Å². The molecule has 0 N–H and O–H groups in total. The molecule has 0 aromatic heterocycles. The van der Waals surface area contributed by atoms with Crippen molar-refractivity contribution in [1.82, 2.24) is 0 Å². The summed E-state index contributed by atoms with van der Waals surface area (Å²) in [6.07, 6.45) is 11.0. The average molecular weight is 499 g/mol. The molecule has 0 aliphatic heterocycles. The zero-order chi connectivity index (χ0) is 28.1. The minimum absolute atomic E-state index is 1.13. The van der Waals surface area contributed by atoms with Crippen molar-refractivity contribution < 1.29 is 0 Å².